The second kappa shape index (κ2) is 4.00. The highest BCUT2D eigenvalue weighted by atomic mass is 19.1. The van der Waals surface area contributed by atoms with Gasteiger partial charge < -0.3 is 0 Å². The maximum Gasteiger partial charge on any atom is 0.204 e. The molecule has 1 aliphatic carbocycles. The smallest absolute Gasteiger partial charge is 0.204 e. The van der Waals surface area contributed by atoms with Gasteiger partial charge in [0.1, 0.15) is 5.82 Å². The number of alkyl halides is 1. The zero-order valence-corrected chi connectivity index (χ0v) is 8.49. The third-order valence-corrected chi connectivity index (χ3v) is 2.51. The molecule has 0 amide bonds. The number of hydrogen-bond donors (Lipinski definition) is 0. The maximum atomic E-state index is 14.2. The fraction of sp³-hybridized carbons (Fsp3) is 0.154. The Morgan fingerprint density at radius 2 is 1.88 bits per heavy atom. The van der Waals surface area contributed by atoms with Crippen molar-refractivity contribution in [3.63, 3.8) is 0 Å². The van der Waals surface area contributed by atoms with Gasteiger partial charge in [0.25, 0.3) is 0 Å². The van der Waals surface area contributed by atoms with Crippen molar-refractivity contribution in [2.45, 2.75) is 12.1 Å². The molecule has 0 aromatic heterocycles. The third-order valence-electron chi connectivity index (χ3n) is 2.51. The summed E-state index contributed by atoms with van der Waals surface area (Å²) in [5.74, 6) is -1.07. The number of allylic oxidation sites excluding steroid dienone is 4. The molecule has 0 spiro atoms. The number of carbonyl (C=O) groups is 1. The topological polar surface area (TPSA) is 17.1 Å². The number of ketones is 1. The molecule has 0 heterocycles. The van der Waals surface area contributed by atoms with Crippen molar-refractivity contribution in [2.24, 2.45) is 0 Å². The van der Waals surface area contributed by atoms with Crippen LogP contribution in [0.2, 0.25) is 0 Å². The first-order valence-electron chi connectivity index (χ1n) is 4.95. The fourth-order valence-corrected chi connectivity index (χ4v) is 1.60. The zero-order chi connectivity index (χ0) is 11.6. The second-order valence-corrected chi connectivity index (χ2v) is 3.69. The van der Waals surface area contributed by atoms with Crippen LogP contribution < -0.4 is 0 Å². The highest BCUT2D eigenvalue weighted by molar-refractivity contribution is 6.04. The van der Waals surface area contributed by atoms with E-state index in [0.717, 1.165) is 12.1 Å². The summed E-state index contributed by atoms with van der Waals surface area (Å²) in [7, 11) is 0. The first-order valence-corrected chi connectivity index (χ1v) is 4.95. The molecule has 1 aromatic carbocycles. The van der Waals surface area contributed by atoms with Crippen LogP contribution in [0.15, 0.2) is 48.6 Å². The van der Waals surface area contributed by atoms with Gasteiger partial charge in [-0.25, -0.2) is 8.78 Å². The first kappa shape index (κ1) is 10.7. The number of carbonyl (C=O) groups excluding carboxylic acids is 1. The molecule has 1 nitrogen and oxygen atoms in total. The largest absolute Gasteiger partial charge is 0.290 e. The van der Waals surface area contributed by atoms with Crippen molar-refractivity contribution >= 4 is 5.78 Å². The summed E-state index contributed by atoms with van der Waals surface area (Å²) in [6, 6.07) is 4.90. The Morgan fingerprint density at radius 3 is 2.44 bits per heavy atom. The summed E-state index contributed by atoms with van der Waals surface area (Å²) in [6.07, 6.45) is 6.06. The van der Waals surface area contributed by atoms with Gasteiger partial charge in [-0.3, -0.25) is 4.79 Å². The lowest BCUT2D eigenvalue weighted by Crippen LogP contribution is -2.32. The SMILES string of the molecule is O=C(c1ccc(F)cc1)C1(F)C=CC=CC1. The number of benzene rings is 1. The Labute approximate surface area is 92.1 Å². The van der Waals surface area contributed by atoms with Crippen molar-refractivity contribution in [3.8, 4) is 0 Å². The summed E-state index contributed by atoms with van der Waals surface area (Å²) in [5, 5.41) is 0. The standard InChI is InChI=1S/C13H10F2O/c14-11-6-4-10(5-7-11)12(16)13(15)8-2-1-3-9-13/h1-8H,9H2. The van der Waals surface area contributed by atoms with E-state index in [1.54, 1.807) is 12.2 Å². The molecule has 0 saturated carbocycles. The van der Waals surface area contributed by atoms with Crippen LogP contribution in [0.1, 0.15) is 16.8 Å². The molecule has 0 fully saturated rings. The van der Waals surface area contributed by atoms with Gasteiger partial charge in [-0.05, 0) is 30.3 Å². The number of halogens is 2. The molecule has 3 heteroatoms. The Kier molecular flexibility index (Phi) is 2.69. The summed E-state index contributed by atoms with van der Waals surface area (Å²) < 4.78 is 26.8. The van der Waals surface area contributed by atoms with Gasteiger partial charge in [-0.15, -0.1) is 0 Å². The van der Waals surface area contributed by atoms with E-state index in [2.05, 4.69) is 0 Å². The summed E-state index contributed by atoms with van der Waals surface area (Å²) >= 11 is 0. The molecule has 0 N–H and O–H groups in total. The molecule has 16 heavy (non-hydrogen) atoms. The first-order chi connectivity index (χ1) is 7.62. The Hall–Kier alpha value is -1.77. The molecule has 1 atom stereocenters. The van der Waals surface area contributed by atoms with E-state index in [9.17, 15) is 13.6 Å². The average molecular weight is 220 g/mol. The molecule has 0 aliphatic heterocycles. The van der Waals surface area contributed by atoms with E-state index in [1.807, 2.05) is 0 Å². The Bertz CT molecular complexity index is 459. The molecular formula is C13H10F2O. The van der Waals surface area contributed by atoms with Gasteiger partial charge in [0.05, 0.1) is 0 Å². The minimum Gasteiger partial charge on any atom is -0.290 e. The van der Waals surface area contributed by atoms with Crippen LogP contribution in [0.3, 0.4) is 0 Å². The highest BCUT2D eigenvalue weighted by Crippen LogP contribution is 2.27. The van der Waals surface area contributed by atoms with E-state index in [0.29, 0.717) is 0 Å². The molecule has 0 bridgehead atoms. The fourth-order valence-electron chi connectivity index (χ4n) is 1.60. The molecule has 0 radical (unpaired) electrons. The molecule has 82 valence electrons. The van der Waals surface area contributed by atoms with Gasteiger partial charge >= 0.3 is 0 Å². The number of hydrogen-bond acceptors (Lipinski definition) is 1. The lowest BCUT2D eigenvalue weighted by Gasteiger charge is -2.20. The van der Waals surface area contributed by atoms with Gasteiger partial charge in [-0.1, -0.05) is 18.2 Å². The van der Waals surface area contributed by atoms with Crippen LogP contribution in [0, 0.1) is 5.82 Å². The van der Waals surface area contributed by atoms with Crippen molar-refractivity contribution < 1.29 is 13.6 Å². The number of Topliss-reactive ketones (excluding diaryl/α,β-unsaturated/α-hetero) is 1. The van der Waals surface area contributed by atoms with E-state index >= 15 is 0 Å². The monoisotopic (exact) mass is 220 g/mol. The van der Waals surface area contributed by atoms with Crippen LogP contribution in [0.5, 0.6) is 0 Å². The third kappa shape index (κ3) is 1.94. The quantitative estimate of drug-likeness (QED) is 0.699. The van der Waals surface area contributed by atoms with Gasteiger partial charge in [0.15, 0.2) is 5.67 Å². The summed E-state index contributed by atoms with van der Waals surface area (Å²) in [6.45, 7) is 0. The molecule has 2 rings (SSSR count). The van der Waals surface area contributed by atoms with Gasteiger partial charge in [0, 0.05) is 12.0 Å². The van der Waals surface area contributed by atoms with Crippen LogP contribution in [-0.2, 0) is 0 Å². The normalized spacial score (nSPS) is 23.4. The number of rotatable bonds is 2. The van der Waals surface area contributed by atoms with Crippen LogP contribution in [-0.4, -0.2) is 11.5 Å². The van der Waals surface area contributed by atoms with E-state index in [-0.39, 0.29) is 12.0 Å². The maximum absolute atomic E-state index is 14.2. The molecule has 1 aromatic rings. The van der Waals surface area contributed by atoms with Crippen molar-refractivity contribution in [3.05, 3.63) is 60.0 Å². The molecule has 1 aliphatic rings. The van der Waals surface area contributed by atoms with Crippen LogP contribution in [0.25, 0.3) is 0 Å². The highest BCUT2D eigenvalue weighted by Gasteiger charge is 2.35. The summed E-state index contributed by atoms with van der Waals surface area (Å²) in [4.78, 5) is 11.9. The Morgan fingerprint density at radius 1 is 1.19 bits per heavy atom. The van der Waals surface area contributed by atoms with E-state index in [4.69, 9.17) is 0 Å². The van der Waals surface area contributed by atoms with Gasteiger partial charge in [0.2, 0.25) is 5.78 Å². The lowest BCUT2D eigenvalue weighted by atomic mass is 9.89. The molecule has 1 unspecified atom stereocenters. The lowest BCUT2D eigenvalue weighted by molar-refractivity contribution is 0.0781. The van der Waals surface area contributed by atoms with Crippen molar-refractivity contribution in [1.82, 2.24) is 0 Å². The van der Waals surface area contributed by atoms with Crippen LogP contribution in [0.4, 0.5) is 8.78 Å². The van der Waals surface area contributed by atoms with Crippen molar-refractivity contribution in [2.75, 3.05) is 0 Å². The summed E-state index contributed by atoms with van der Waals surface area (Å²) in [5.41, 5.74) is -1.81. The van der Waals surface area contributed by atoms with Gasteiger partial charge in [-0.2, -0.15) is 0 Å². The zero-order valence-electron chi connectivity index (χ0n) is 8.49. The van der Waals surface area contributed by atoms with Crippen molar-refractivity contribution in [1.29, 1.82) is 0 Å². The average Bonchev–Trinajstić information content (AvgIpc) is 2.30. The van der Waals surface area contributed by atoms with Crippen LogP contribution >= 0.6 is 0 Å². The predicted molar refractivity (Wildman–Crippen MR) is 57.5 cm³/mol. The minimum atomic E-state index is -1.99. The minimum absolute atomic E-state index is 0.0275. The second-order valence-electron chi connectivity index (χ2n) is 3.69. The van der Waals surface area contributed by atoms with E-state index in [1.165, 1.54) is 24.3 Å². The molecule has 0 saturated heterocycles. The molecular weight excluding hydrogens is 210 g/mol. The van der Waals surface area contributed by atoms with E-state index < -0.39 is 17.3 Å². The predicted octanol–water partition coefficient (Wildman–Crippen LogP) is 3.23. The Balaban J connectivity index is 2.28.